The third-order valence-electron chi connectivity index (χ3n) is 5.32. The highest BCUT2D eigenvalue weighted by atomic mass is 16.3. The number of rotatable bonds is 15. The first-order valence-electron chi connectivity index (χ1n) is 11.4. The molecule has 2 rings (SSSR count). The van der Waals surface area contributed by atoms with E-state index in [1.807, 2.05) is 24.3 Å². The Balaban J connectivity index is 1.46. The maximum Gasteiger partial charge on any atom is 0.248 e. The molecule has 29 heavy (non-hydrogen) atoms. The van der Waals surface area contributed by atoms with Crippen LogP contribution in [0, 0.1) is 0 Å². The van der Waals surface area contributed by atoms with Crippen molar-refractivity contribution in [1.29, 1.82) is 0 Å². The van der Waals surface area contributed by atoms with Gasteiger partial charge in [-0.2, -0.15) is 4.68 Å². The first kappa shape index (κ1) is 23.3. The Labute approximate surface area is 175 Å². The molecule has 0 spiro atoms. The predicted molar refractivity (Wildman–Crippen MR) is 119 cm³/mol. The van der Waals surface area contributed by atoms with E-state index in [4.69, 9.17) is 0 Å². The summed E-state index contributed by atoms with van der Waals surface area (Å²) in [6.07, 6.45) is 17.8. The Bertz CT molecular complexity index is 739. The third kappa shape index (κ3) is 8.90. The molecule has 0 amide bonds. The second kappa shape index (κ2) is 14.0. The minimum atomic E-state index is -0.178. The number of benzene rings is 1. The largest absolute Gasteiger partial charge is 0.393 e. The monoisotopic (exact) mass is 399 g/mol. The summed E-state index contributed by atoms with van der Waals surface area (Å²) in [6.45, 7) is 2.21. The zero-order valence-corrected chi connectivity index (χ0v) is 17.9. The quantitative estimate of drug-likeness (QED) is 0.291. The number of para-hydroxylation sites is 1. The van der Waals surface area contributed by atoms with Gasteiger partial charge in [0.15, 0.2) is 0 Å². The van der Waals surface area contributed by atoms with Crippen molar-refractivity contribution in [2.24, 2.45) is 0 Å². The topological polar surface area (TPSA) is 68.0 Å². The van der Waals surface area contributed by atoms with Crippen LogP contribution in [0.15, 0.2) is 36.4 Å². The van der Waals surface area contributed by atoms with Gasteiger partial charge in [0.25, 0.3) is 0 Å². The number of hydrogen-bond donors (Lipinski definition) is 1. The molecule has 1 atom stereocenters. The molecule has 0 aliphatic carbocycles. The Morgan fingerprint density at radius 1 is 1.03 bits per heavy atom. The van der Waals surface area contributed by atoms with Gasteiger partial charge in [-0.25, -0.2) is 0 Å². The normalized spacial score (nSPS) is 12.8. The van der Waals surface area contributed by atoms with Crippen molar-refractivity contribution in [3.63, 3.8) is 0 Å². The first-order chi connectivity index (χ1) is 14.2. The summed E-state index contributed by atoms with van der Waals surface area (Å²) in [4.78, 5) is 12.3. The molecule has 1 heterocycles. The Morgan fingerprint density at radius 2 is 1.79 bits per heavy atom. The first-order valence-corrected chi connectivity index (χ1v) is 11.4. The van der Waals surface area contributed by atoms with E-state index in [2.05, 4.69) is 29.4 Å². The van der Waals surface area contributed by atoms with Gasteiger partial charge in [-0.1, -0.05) is 81.4 Å². The average Bonchev–Trinajstić information content (AvgIpc) is 3.16. The second-order valence-corrected chi connectivity index (χ2v) is 7.90. The molecule has 160 valence electrons. The molecule has 0 unspecified atom stereocenters. The van der Waals surface area contributed by atoms with E-state index in [-0.39, 0.29) is 12.0 Å². The third-order valence-corrected chi connectivity index (χ3v) is 5.32. The molecule has 0 aliphatic rings. The van der Waals surface area contributed by atoms with Gasteiger partial charge < -0.3 is 5.11 Å². The second-order valence-electron chi connectivity index (χ2n) is 7.90. The lowest BCUT2D eigenvalue weighted by Gasteiger charge is -2.07. The van der Waals surface area contributed by atoms with Gasteiger partial charge >= 0.3 is 0 Å². The van der Waals surface area contributed by atoms with Crippen molar-refractivity contribution in [1.82, 2.24) is 15.0 Å². The van der Waals surface area contributed by atoms with Gasteiger partial charge in [0.1, 0.15) is 5.52 Å². The molecular weight excluding hydrogens is 362 g/mol. The van der Waals surface area contributed by atoms with Crippen LogP contribution < -0.4 is 0 Å². The van der Waals surface area contributed by atoms with Gasteiger partial charge in [-0.15, -0.1) is 5.10 Å². The Morgan fingerprint density at radius 3 is 2.66 bits per heavy atom. The number of aliphatic hydroxyl groups excluding tert-OH is 1. The van der Waals surface area contributed by atoms with Gasteiger partial charge in [-0.3, -0.25) is 4.79 Å². The number of allylic oxidation sites excluding steroid dienone is 1. The lowest BCUT2D eigenvalue weighted by atomic mass is 10.1. The maximum atomic E-state index is 12.3. The van der Waals surface area contributed by atoms with E-state index in [9.17, 15) is 9.90 Å². The van der Waals surface area contributed by atoms with Crippen LogP contribution in [0.25, 0.3) is 11.0 Å². The highest BCUT2D eigenvalue weighted by Crippen LogP contribution is 2.13. The summed E-state index contributed by atoms with van der Waals surface area (Å²) < 4.78 is 1.43. The van der Waals surface area contributed by atoms with Crippen LogP contribution in [0.3, 0.4) is 0 Å². The van der Waals surface area contributed by atoms with E-state index in [0.717, 1.165) is 56.0 Å². The summed E-state index contributed by atoms with van der Waals surface area (Å²) in [5.74, 6) is 0.0230. The number of carbonyl (C=O) groups is 1. The lowest BCUT2D eigenvalue weighted by Crippen LogP contribution is -2.12. The maximum absolute atomic E-state index is 12.3. The highest BCUT2D eigenvalue weighted by molar-refractivity contribution is 5.88. The fraction of sp³-hybridized carbons (Fsp3) is 0.625. The summed E-state index contributed by atoms with van der Waals surface area (Å²) in [6, 6.07) is 7.55. The van der Waals surface area contributed by atoms with Crippen LogP contribution in [-0.2, 0) is 0 Å². The van der Waals surface area contributed by atoms with Crippen molar-refractivity contribution >= 4 is 16.9 Å². The molecule has 0 fully saturated rings. The molecule has 0 saturated heterocycles. The highest BCUT2D eigenvalue weighted by Gasteiger charge is 2.10. The molecule has 5 nitrogen and oxygen atoms in total. The molecule has 1 N–H and O–H groups in total. The Kier molecular flexibility index (Phi) is 11.3. The molecule has 0 radical (unpaired) electrons. The van der Waals surface area contributed by atoms with Crippen LogP contribution >= 0.6 is 0 Å². The van der Waals surface area contributed by atoms with Crippen molar-refractivity contribution in [3.05, 3.63) is 36.4 Å². The smallest absolute Gasteiger partial charge is 0.248 e. The fourth-order valence-electron chi connectivity index (χ4n) is 3.52. The van der Waals surface area contributed by atoms with E-state index in [1.165, 1.54) is 36.8 Å². The molecule has 5 heteroatoms. The molecule has 1 aromatic carbocycles. The van der Waals surface area contributed by atoms with E-state index >= 15 is 0 Å². The van der Waals surface area contributed by atoms with Crippen LogP contribution in [0.4, 0.5) is 0 Å². The molecule has 0 bridgehead atoms. The minimum Gasteiger partial charge on any atom is -0.393 e. The van der Waals surface area contributed by atoms with E-state index in [0.29, 0.717) is 6.42 Å². The molecule has 0 aliphatic heterocycles. The van der Waals surface area contributed by atoms with E-state index in [1.54, 1.807) is 0 Å². The number of nitrogens with zero attached hydrogens (tertiary/aromatic N) is 3. The van der Waals surface area contributed by atoms with Gasteiger partial charge in [-0.05, 0) is 44.2 Å². The zero-order chi connectivity index (χ0) is 20.7. The van der Waals surface area contributed by atoms with Crippen molar-refractivity contribution in [2.75, 3.05) is 0 Å². The molecule has 0 saturated carbocycles. The number of fused-ring (bicyclic) bond motifs is 1. The molecule has 2 aromatic rings. The summed E-state index contributed by atoms with van der Waals surface area (Å²) in [7, 11) is 0. The molecular formula is C24H37N3O2. The standard InChI is InChI=1S/C24H37N3O2/c1-2-3-4-11-16-21(28)17-12-9-7-5-6-8-10-13-20-24(29)27-23-19-15-14-18-22(23)25-26-27/h9,12,14-15,18-19,21,28H,2-8,10-11,13,16-17,20H2,1H3/t21-/m1/s1. The number of unbranched alkanes of at least 4 members (excludes halogenated alkanes) is 8. The zero-order valence-electron chi connectivity index (χ0n) is 17.9. The van der Waals surface area contributed by atoms with Gasteiger partial charge in [0.2, 0.25) is 5.91 Å². The lowest BCUT2D eigenvalue weighted by molar-refractivity contribution is 0.0886. The van der Waals surface area contributed by atoms with Crippen LogP contribution in [0.1, 0.15) is 95.2 Å². The Hall–Kier alpha value is -2.01. The number of hydrogen-bond acceptors (Lipinski definition) is 4. The average molecular weight is 400 g/mol. The molecule has 1 aromatic heterocycles. The van der Waals surface area contributed by atoms with Crippen molar-refractivity contribution in [2.45, 2.75) is 96.5 Å². The van der Waals surface area contributed by atoms with Crippen LogP contribution in [-0.4, -0.2) is 32.1 Å². The van der Waals surface area contributed by atoms with Crippen molar-refractivity contribution in [3.8, 4) is 0 Å². The minimum absolute atomic E-state index is 0.0230. The van der Waals surface area contributed by atoms with Crippen molar-refractivity contribution < 1.29 is 9.90 Å². The number of aromatic nitrogens is 3. The number of aliphatic hydroxyl groups is 1. The van der Waals surface area contributed by atoms with E-state index < -0.39 is 0 Å². The summed E-state index contributed by atoms with van der Waals surface area (Å²) in [5.41, 5.74) is 1.55. The summed E-state index contributed by atoms with van der Waals surface area (Å²) in [5, 5.41) is 17.9. The van der Waals surface area contributed by atoms with Gasteiger partial charge in [0.05, 0.1) is 11.6 Å². The predicted octanol–water partition coefficient (Wildman–Crippen LogP) is 6.08. The summed E-state index contributed by atoms with van der Waals surface area (Å²) >= 11 is 0. The SMILES string of the molecule is CCCCCC[C@@H](O)CC=CCCCCCCCC(=O)n1nnc2ccccc21. The number of carbonyl (C=O) groups excluding carboxylic acids is 1. The van der Waals surface area contributed by atoms with Crippen LogP contribution in [0.5, 0.6) is 0 Å². The fourth-order valence-corrected chi connectivity index (χ4v) is 3.52. The van der Waals surface area contributed by atoms with Crippen LogP contribution in [0.2, 0.25) is 0 Å². The van der Waals surface area contributed by atoms with Gasteiger partial charge in [0, 0.05) is 6.42 Å².